The SMILES string of the molecule is CC1(C)CC(NC(=O)c2cccc(S(=O)(=O)O)c2)CC(C)(C)N1[O]. The average Bonchev–Trinajstić information content (AvgIpc) is 2.43. The average molecular weight is 355 g/mol. The summed E-state index contributed by atoms with van der Waals surface area (Å²) in [5.74, 6) is -0.434. The van der Waals surface area contributed by atoms with Gasteiger partial charge in [-0.2, -0.15) is 8.42 Å². The second kappa shape index (κ2) is 6.11. The zero-order valence-electron chi connectivity index (χ0n) is 14.2. The molecule has 0 atom stereocenters. The highest BCUT2D eigenvalue weighted by molar-refractivity contribution is 7.85. The monoisotopic (exact) mass is 355 g/mol. The van der Waals surface area contributed by atoms with E-state index in [1.807, 2.05) is 27.7 Å². The molecule has 0 spiro atoms. The summed E-state index contributed by atoms with van der Waals surface area (Å²) in [7, 11) is -4.36. The van der Waals surface area contributed by atoms with Gasteiger partial charge in [0.25, 0.3) is 16.0 Å². The van der Waals surface area contributed by atoms with Gasteiger partial charge in [-0.15, -0.1) is 10.3 Å². The van der Waals surface area contributed by atoms with Crippen molar-refractivity contribution in [3.63, 3.8) is 0 Å². The molecule has 133 valence electrons. The Hall–Kier alpha value is -1.48. The number of carbonyl (C=O) groups excluding carboxylic acids is 1. The molecule has 1 heterocycles. The number of nitrogens with one attached hydrogen (secondary N) is 1. The van der Waals surface area contributed by atoms with Crippen LogP contribution in [0.1, 0.15) is 50.9 Å². The van der Waals surface area contributed by atoms with Gasteiger partial charge in [-0.3, -0.25) is 9.35 Å². The molecular formula is C16H23N2O5S. The molecule has 1 aromatic carbocycles. The van der Waals surface area contributed by atoms with E-state index in [1.54, 1.807) is 0 Å². The first kappa shape index (κ1) is 18.9. The Bertz CT molecular complexity index is 725. The van der Waals surface area contributed by atoms with Crippen LogP contribution in [0.3, 0.4) is 0 Å². The van der Waals surface area contributed by atoms with Crippen LogP contribution in [0.25, 0.3) is 0 Å². The van der Waals surface area contributed by atoms with Crippen LogP contribution in [-0.2, 0) is 15.3 Å². The van der Waals surface area contributed by atoms with Gasteiger partial charge in [-0.05, 0) is 58.7 Å². The van der Waals surface area contributed by atoms with Crippen molar-refractivity contribution in [3.05, 3.63) is 29.8 Å². The minimum atomic E-state index is -4.36. The number of hydrogen-bond donors (Lipinski definition) is 2. The topological polar surface area (TPSA) is 107 Å². The van der Waals surface area contributed by atoms with Crippen molar-refractivity contribution in [1.82, 2.24) is 10.4 Å². The van der Waals surface area contributed by atoms with Crippen LogP contribution in [0.4, 0.5) is 0 Å². The van der Waals surface area contributed by atoms with Gasteiger partial charge < -0.3 is 5.32 Å². The maximum atomic E-state index is 12.4. The van der Waals surface area contributed by atoms with E-state index in [1.165, 1.54) is 18.2 Å². The fraction of sp³-hybridized carbons (Fsp3) is 0.562. The highest BCUT2D eigenvalue weighted by atomic mass is 32.2. The maximum Gasteiger partial charge on any atom is 0.294 e. The fourth-order valence-corrected chi connectivity index (χ4v) is 3.96. The van der Waals surface area contributed by atoms with Crippen molar-refractivity contribution >= 4 is 16.0 Å². The maximum absolute atomic E-state index is 12.4. The van der Waals surface area contributed by atoms with Gasteiger partial charge in [0, 0.05) is 22.7 Å². The summed E-state index contributed by atoms with van der Waals surface area (Å²) in [5.41, 5.74) is -1.09. The molecule has 0 bridgehead atoms. The summed E-state index contributed by atoms with van der Waals surface area (Å²) in [5, 5.41) is 16.3. The van der Waals surface area contributed by atoms with Gasteiger partial charge in [-0.1, -0.05) is 6.07 Å². The van der Waals surface area contributed by atoms with Crippen molar-refractivity contribution in [3.8, 4) is 0 Å². The van der Waals surface area contributed by atoms with E-state index in [4.69, 9.17) is 4.55 Å². The molecular weight excluding hydrogens is 332 g/mol. The second-order valence-corrected chi connectivity index (χ2v) is 8.92. The molecule has 0 aromatic heterocycles. The van der Waals surface area contributed by atoms with Crippen LogP contribution in [-0.4, -0.2) is 41.1 Å². The summed E-state index contributed by atoms with van der Waals surface area (Å²) in [6, 6.07) is 5.01. The Morgan fingerprint density at radius 2 is 1.75 bits per heavy atom. The Morgan fingerprint density at radius 1 is 1.21 bits per heavy atom. The first-order chi connectivity index (χ1) is 10.8. The summed E-state index contributed by atoms with van der Waals surface area (Å²) in [6.07, 6.45) is 0.979. The predicted octanol–water partition coefficient (Wildman–Crippen LogP) is 2.03. The third-order valence-electron chi connectivity index (χ3n) is 4.32. The molecule has 7 nitrogen and oxygen atoms in total. The van der Waals surface area contributed by atoms with Crippen LogP contribution in [0.5, 0.6) is 0 Å². The zero-order valence-corrected chi connectivity index (χ0v) is 15.1. The van der Waals surface area contributed by atoms with Gasteiger partial charge in [0.1, 0.15) is 0 Å². The molecule has 8 heteroatoms. The molecule has 1 aliphatic rings. The van der Waals surface area contributed by atoms with Crippen molar-refractivity contribution in [2.45, 2.75) is 62.6 Å². The highest BCUT2D eigenvalue weighted by Gasteiger charge is 2.46. The van der Waals surface area contributed by atoms with Gasteiger partial charge in [-0.25, -0.2) is 0 Å². The van der Waals surface area contributed by atoms with E-state index in [0.29, 0.717) is 12.8 Å². The third-order valence-corrected chi connectivity index (χ3v) is 5.17. The van der Waals surface area contributed by atoms with E-state index >= 15 is 0 Å². The number of carbonyl (C=O) groups is 1. The molecule has 1 fully saturated rings. The molecule has 1 radical (unpaired) electrons. The van der Waals surface area contributed by atoms with Gasteiger partial charge >= 0.3 is 0 Å². The lowest BCUT2D eigenvalue weighted by Gasteiger charge is -2.50. The molecule has 1 aliphatic heterocycles. The minimum absolute atomic E-state index is 0.144. The highest BCUT2D eigenvalue weighted by Crippen LogP contribution is 2.37. The van der Waals surface area contributed by atoms with Crippen LogP contribution >= 0.6 is 0 Å². The van der Waals surface area contributed by atoms with Gasteiger partial charge in [0.2, 0.25) is 0 Å². The van der Waals surface area contributed by atoms with E-state index in [0.717, 1.165) is 11.1 Å². The minimum Gasteiger partial charge on any atom is -0.349 e. The van der Waals surface area contributed by atoms with E-state index < -0.39 is 27.1 Å². The van der Waals surface area contributed by atoms with E-state index in [-0.39, 0.29) is 16.5 Å². The van der Waals surface area contributed by atoms with Crippen molar-refractivity contribution in [2.24, 2.45) is 0 Å². The Kier molecular flexibility index (Phi) is 4.80. The number of piperidine rings is 1. The number of amides is 1. The number of hydroxylamine groups is 2. The number of rotatable bonds is 3. The summed E-state index contributed by atoms with van der Waals surface area (Å²) < 4.78 is 31.5. The largest absolute Gasteiger partial charge is 0.349 e. The van der Waals surface area contributed by atoms with Crippen LogP contribution in [0.2, 0.25) is 0 Å². The van der Waals surface area contributed by atoms with Crippen LogP contribution in [0.15, 0.2) is 29.2 Å². The van der Waals surface area contributed by atoms with E-state index in [9.17, 15) is 18.4 Å². The normalized spacial score (nSPS) is 21.4. The summed E-state index contributed by atoms with van der Waals surface area (Å²) >= 11 is 0. The van der Waals surface area contributed by atoms with E-state index in [2.05, 4.69) is 5.32 Å². The van der Waals surface area contributed by atoms with Crippen molar-refractivity contribution in [1.29, 1.82) is 0 Å². The van der Waals surface area contributed by atoms with Gasteiger partial charge in [0.15, 0.2) is 0 Å². The van der Waals surface area contributed by atoms with Gasteiger partial charge in [0.05, 0.1) is 4.90 Å². The number of nitrogens with zero attached hydrogens (tertiary/aromatic N) is 1. The molecule has 0 saturated carbocycles. The molecule has 0 unspecified atom stereocenters. The summed E-state index contributed by atoms with van der Waals surface area (Å²) in [6.45, 7) is 7.33. The molecule has 0 aliphatic carbocycles. The standard InChI is InChI=1S/C16H23N2O5S/c1-15(2)9-12(10-16(3,4)18(15)20)17-14(19)11-6-5-7-13(8-11)24(21,22)23/h5-8,12H,9-10H2,1-4H3,(H,17,19)(H,21,22,23). The number of hydrogen-bond acceptors (Lipinski definition) is 4. The molecule has 1 amide bonds. The Morgan fingerprint density at radius 3 is 2.25 bits per heavy atom. The molecule has 1 saturated heterocycles. The lowest BCUT2D eigenvalue weighted by molar-refractivity contribution is -0.289. The van der Waals surface area contributed by atoms with Crippen molar-refractivity contribution < 1.29 is 23.0 Å². The lowest BCUT2D eigenvalue weighted by Crippen LogP contribution is -2.62. The third kappa shape index (κ3) is 3.94. The molecule has 24 heavy (non-hydrogen) atoms. The summed E-state index contributed by atoms with van der Waals surface area (Å²) in [4.78, 5) is 12.1. The quantitative estimate of drug-likeness (QED) is 0.807. The molecule has 2 rings (SSSR count). The first-order valence-corrected chi connectivity index (χ1v) is 9.13. The zero-order chi connectivity index (χ0) is 18.3. The van der Waals surface area contributed by atoms with Crippen LogP contribution < -0.4 is 5.32 Å². The number of benzene rings is 1. The molecule has 2 N–H and O–H groups in total. The first-order valence-electron chi connectivity index (χ1n) is 7.69. The lowest BCUT2D eigenvalue weighted by atomic mass is 9.79. The Labute approximate surface area is 142 Å². The van der Waals surface area contributed by atoms with Crippen LogP contribution in [0, 0.1) is 0 Å². The predicted molar refractivity (Wildman–Crippen MR) is 87.4 cm³/mol. The van der Waals surface area contributed by atoms with Crippen molar-refractivity contribution in [2.75, 3.05) is 0 Å². The smallest absolute Gasteiger partial charge is 0.294 e. The second-order valence-electron chi connectivity index (χ2n) is 7.50. The fourth-order valence-electron chi connectivity index (χ4n) is 3.43. The Balaban J connectivity index is 2.19. The molecule has 1 aromatic rings.